The molecular formula is C29H15N2Na5O16S4. The van der Waals surface area contributed by atoms with E-state index in [1.54, 1.807) is 0 Å². The molecule has 0 aliphatic carbocycles. The third-order valence-corrected chi connectivity index (χ3v) is 10.1. The fourth-order valence-corrected chi connectivity index (χ4v) is 7.43. The summed E-state index contributed by atoms with van der Waals surface area (Å²) in [6.07, 6.45) is 0. The van der Waals surface area contributed by atoms with Crippen LogP contribution in [-0.2, 0) is 39.7 Å². The van der Waals surface area contributed by atoms with Gasteiger partial charge in [0.15, 0.2) is 0 Å². The number of hydrogen-bond donors (Lipinski definition) is 2. The van der Waals surface area contributed by atoms with Crippen molar-refractivity contribution >= 4 is 93.1 Å². The summed E-state index contributed by atoms with van der Waals surface area (Å²) < 4.78 is 110. The Bertz CT molecular complexity index is 2650. The molecule has 0 saturated heterocycles. The first-order valence-corrected chi connectivity index (χ1v) is 18.4. The van der Waals surface area contributed by atoms with Crippen LogP contribution in [0.1, 0.15) is 31.1 Å². The van der Waals surface area contributed by atoms with E-state index >= 15 is 0 Å². The average Bonchev–Trinajstić information content (AvgIpc) is 3.04. The van der Waals surface area contributed by atoms with Gasteiger partial charge in [0.05, 0.1) is 32.7 Å². The van der Waals surface area contributed by atoms with E-state index in [0.717, 1.165) is 48.5 Å². The van der Waals surface area contributed by atoms with Crippen molar-refractivity contribution in [3.8, 4) is 0 Å². The van der Waals surface area contributed by atoms with Crippen molar-refractivity contribution in [2.45, 2.75) is 19.6 Å². The van der Waals surface area contributed by atoms with E-state index < -0.39 is 74.0 Å². The molecule has 0 saturated carbocycles. The van der Waals surface area contributed by atoms with Gasteiger partial charge in [-0.15, -0.1) is 0 Å². The normalized spacial score (nSPS) is 11.1. The Morgan fingerprint density at radius 2 is 0.982 bits per heavy atom. The summed E-state index contributed by atoms with van der Waals surface area (Å²) in [6, 6.07) is 13.0. The van der Waals surface area contributed by atoms with Crippen molar-refractivity contribution in [1.82, 2.24) is 0 Å². The minimum Gasteiger partial charge on any atom is -0.744 e. The van der Waals surface area contributed by atoms with Crippen LogP contribution in [0.15, 0.2) is 98.4 Å². The number of benzene rings is 5. The fourth-order valence-electron chi connectivity index (χ4n) is 4.85. The molecule has 5 aromatic rings. The van der Waals surface area contributed by atoms with Crippen molar-refractivity contribution < 1.29 is 221 Å². The van der Waals surface area contributed by atoms with Gasteiger partial charge in [-0.25, -0.2) is 25.3 Å². The molecule has 0 unspecified atom stereocenters. The van der Waals surface area contributed by atoms with Crippen molar-refractivity contribution in [3.05, 3.63) is 95.6 Å². The molecule has 0 fully saturated rings. The van der Waals surface area contributed by atoms with Crippen LogP contribution in [0.3, 0.4) is 0 Å². The van der Waals surface area contributed by atoms with Crippen molar-refractivity contribution in [2.75, 3.05) is 10.6 Å². The summed E-state index contributed by atoms with van der Waals surface area (Å²) >= 11 is 0.296. The van der Waals surface area contributed by atoms with Crippen molar-refractivity contribution in [1.29, 1.82) is 0 Å². The van der Waals surface area contributed by atoms with E-state index in [4.69, 9.17) is 0 Å². The van der Waals surface area contributed by atoms with Crippen LogP contribution in [0.25, 0.3) is 21.5 Å². The summed E-state index contributed by atoms with van der Waals surface area (Å²) in [5.74, 6) is -3.78. The van der Waals surface area contributed by atoms with E-state index in [1.165, 1.54) is 24.3 Å². The molecule has 0 heterocycles. The predicted molar refractivity (Wildman–Crippen MR) is 166 cm³/mol. The fraction of sp³-hybridized carbons (Fsp3) is 0. The molecule has 0 aliphatic rings. The molecule has 18 nitrogen and oxygen atoms in total. The third kappa shape index (κ3) is 14.0. The maximum Gasteiger partial charge on any atom is 1.00 e. The van der Waals surface area contributed by atoms with Crippen molar-refractivity contribution in [3.63, 3.8) is 0 Å². The van der Waals surface area contributed by atoms with Crippen LogP contribution in [0, 0.1) is 0 Å². The molecule has 0 bridgehead atoms. The molecule has 266 valence electrons. The maximum absolute atomic E-state index is 13.2. The first-order valence-electron chi connectivity index (χ1n) is 13.4. The van der Waals surface area contributed by atoms with Crippen LogP contribution in [0.4, 0.5) is 11.4 Å². The number of aromatic carboxylic acids is 1. The van der Waals surface area contributed by atoms with E-state index in [1.807, 2.05) is 0 Å². The van der Waals surface area contributed by atoms with Gasteiger partial charge < -0.3 is 39.5 Å². The van der Waals surface area contributed by atoms with Gasteiger partial charge in [-0.3, -0.25) is 14.6 Å². The molecule has 5 rings (SSSR count). The standard InChI is InChI=1S/C29H20N2O16S4.5Na/c32-27(30-19-1-3-23-14(8-19)10-21(48-47-46-36)12-25(23)50(40,41)42)16-5-17(7-18(6-16)29(34)35)28(33)31-20-2-4-24-15(9-20)11-22(49(37,38)39)13-26(24)51(43,44)45;;;;;/h1-13,36H,(H,30,32)(H,31,33)(H,34,35)(H,37,38,39)(H,40,41,42)(H,43,44,45);;;;;/q;5*+1/p-5. The number of carboxylic acids is 1. The zero-order chi connectivity index (χ0) is 37.5. The van der Waals surface area contributed by atoms with Crippen LogP contribution in [0.2, 0.25) is 0 Å². The zero-order valence-electron chi connectivity index (χ0n) is 29.7. The Labute approximate surface area is 433 Å². The number of nitrogens with one attached hydrogen (secondary N) is 2. The van der Waals surface area contributed by atoms with Crippen LogP contribution >= 0.6 is 12.0 Å². The second kappa shape index (κ2) is 22.7. The minimum absolute atomic E-state index is 0. The predicted octanol–water partition coefficient (Wildman–Crippen LogP) is -14.2. The summed E-state index contributed by atoms with van der Waals surface area (Å²) in [7, 11) is -15.5. The van der Waals surface area contributed by atoms with E-state index in [-0.39, 0.29) is 191 Å². The SMILES string of the molecule is O=C([O-])c1cc(C(=O)Nc2ccc3c(S(=O)(=O)[O-])cc(SOO[O-])cc3c2)cc(C(=O)Nc2ccc3c(S(=O)(=O)[O-])cc(S(=O)(=O)[O-])cc3c2)c1.[Na+].[Na+].[Na+].[Na+].[Na+]. The number of fused-ring (bicyclic) bond motifs is 2. The monoisotopic (exact) mass is 890 g/mol. The molecule has 0 radical (unpaired) electrons. The topological polar surface area (TPSA) is 311 Å². The molecule has 0 aliphatic heterocycles. The molecule has 2 N–H and O–H groups in total. The molecule has 0 spiro atoms. The number of carbonyl (C=O) groups is 3. The van der Waals surface area contributed by atoms with Gasteiger partial charge in [0, 0.05) is 27.4 Å². The summed E-state index contributed by atoms with van der Waals surface area (Å²) in [6.45, 7) is 0. The molecule has 5 aromatic carbocycles. The number of rotatable bonds is 11. The van der Waals surface area contributed by atoms with E-state index in [0.29, 0.717) is 18.1 Å². The molecule has 27 heteroatoms. The Morgan fingerprint density at radius 1 is 0.554 bits per heavy atom. The Balaban J connectivity index is 0.00000605. The molecular weight excluding hydrogens is 876 g/mol. The number of anilines is 2. The van der Waals surface area contributed by atoms with E-state index in [9.17, 15) is 63.7 Å². The molecule has 56 heavy (non-hydrogen) atoms. The number of carbonyl (C=O) groups excluding carboxylic acids is 3. The van der Waals surface area contributed by atoms with Gasteiger partial charge in [-0.05, 0) is 93.8 Å². The van der Waals surface area contributed by atoms with Gasteiger partial charge in [-0.1, -0.05) is 12.1 Å². The second-order valence-electron chi connectivity index (χ2n) is 10.3. The average molecular weight is 891 g/mol. The number of hydrogen-bond acceptors (Lipinski definition) is 17. The Morgan fingerprint density at radius 3 is 1.39 bits per heavy atom. The number of amides is 2. The van der Waals surface area contributed by atoms with Gasteiger partial charge in [0.2, 0.25) is 0 Å². The van der Waals surface area contributed by atoms with E-state index in [2.05, 4.69) is 20.0 Å². The maximum atomic E-state index is 13.2. The quantitative estimate of drug-likeness (QED) is 0.0409. The zero-order valence-corrected chi connectivity index (χ0v) is 42.9. The second-order valence-corrected chi connectivity index (χ2v) is 15.1. The largest absolute Gasteiger partial charge is 1.00 e. The van der Waals surface area contributed by atoms with Gasteiger partial charge in [0.25, 0.3) is 11.8 Å². The smallest absolute Gasteiger partial charge is 0.744 e. The first kappa shape index (κ1) is 56.0. The molecule has 0 aromatic heterocycles. The minimum atomic E-state index is -5.26. The summed E-state index contributed by atoms with van der Waals surface area (Å²) in [4.78, 5) is 35.5. The summed E-state index contributed by atoms with van der Waals surface area (Å²) in [5, 5.41) is 29.5. The van der Waals surface area contributed by atoms with Crippen LogP contribution in [0.5, 0.6) is 0 Å². The van der Waals surface area contributed by atoms with Crippen LogP contribution in [-0.4, -0.2) is 56.7 Å². The Kier molecular flexibility index (Phi) is 22.7. The Hall–Kier alpha value is -0.01000. The summed E-state index contributed by atoms with van der Waals surface area (Å²) in [5.41, 5.74) is -1.54. The van der Waals surface area contributed by atoms with Crippen molar-refractivity contribution in [2.24, 2.45) is 0 Å². The van der Waals surface area contributed by atoms with Gasteiger partial charge in [-0.2, -0.15) is 4.33 Å². The molecule has 0 atom stereocenters. The van der Waals surface area contributed by atoms with Gasteiger partial charge >= 0.3 is 148 Å². The molecule has 2 amide bonds. The van der Waals surface area contributed by atoms with Crippen LogP contribution < -0.4 is 169 Å². The first-order chi connectivity index (χ1) is 23.7. The van der Waals surface area contributed by atoms with Gasteiger partial charge in [0.1, 0.15) is 30.4 Å². The third-order valence-electron chi connectivity index (χ3n) is 6.97. The number of carboxylic acid groups (broad SMARTS) is 1.